The highest BCUT2D eigenvalue weighted by molar-refractivity contribution is 7.19. The van der Waals surface area contributed by atoms with E-state index in [1.165, 1.54) is 63.0 Å². The van der Waals surface area contributed by atoms with Crippen LogP contribution in [0.3, 0.4) is 0 Å². The largest absolute Gasteiger partial charge is 0.346 e. The van der Waals surface area contributed by atoms with Crippen molar-refractivity contribution in [3.8, 4) is 11.3 Å². The number of nitrogens with zero attached hydrogens (tertiary/aromatic N) is 4. The lowest BCUT2D eigenvalue weighted by atomic mass is 9.70. The van der Waals surface area contributed by atoms with Gasteiger partial charge < -0.3 is 4.98 Å². The van der Waals surface area contributed by atoms with E-state index < -0.39 is 0 Å². The van der Waals surface area contributed by atoms with Crippen molar-refractivity contribution < 1.29 is 4.79 Å². The molecule has 0 radical (unpaired) electrons. The topological polar surface area (TPSA) is 66.3 Å². The van der Waals surface area contributed by atoms with Gasteiger partial charge in [0.15, 0.2) is 5.65 Å². The molecule has 4 aromatic rings. The normalized spacial score (nSPS) is 22.8. The van der Waals surface area contributed by atoms with Gasteiger partial charge in [-0.25, -0.2) is 9.50 Å². The summed E-state index contributed by atoms with van der Waals surface area (Å²) in [6.45, 7) is 14.7. The Kier molecular flexibility index (Phi) is 5.42. The summed E-state index contributed by atoms with van der Waals surface area (Å²) in [7, 11) is 0. The molecule has 2 aliphatic heterocycles. The molecule has 184 valence electrons. The van der Waals surface area contributed by atoms with Gasteiger partial charge >= 0.3 is 0 Å². The first-order valence-corrected chi connectivity index (χ1v) is 13.7. The van der Waals surface area contributed by atoms with E-state index in [1.807, 2.05) is 15.9 Å². The van der Waals surface area contributed by atoms with Crippen LogP contribution in [0.5, 0.6) is 0 Å². The number of hydrogen-bond donors (Lipinski definition) is 1. The standard InChI is InChI=1S/C28H35N5OS/c1-14(2)23-24-18(6)26(21-9-20-8-7-19(21)11-32(20)10-15(3)34)35-28(24)31-25(23)22-12-33-27(29-13-30-33)17(5)16(22)4/h12-14,19-21,31H,7-11H2,1-6H3/t19?,20-,21-/m1/s1. The van der Waals surface area contributed by atoms with Crippen molar-refractivity contribution in [3.63, 3.8) is 0 Å². The summed E-state index contributed by atoms with van der Waals surface area (Å²) in [5.74, 6) is 1.96. The number of carbonyl (C=O) groups is 1. The number of aromatic nitrogens is 4. The molecule has 0 spiro atoms. The van der Waals surface area contributed by atoms with Crippen LogP contribution in [-0.2, 0) is 4.79 Å². The molecule has 2 bridgehead atoms. The second-order valence-corrected chi connectivity index (χ2v) is 12.2. The van der Waals surface area contributed by atoms with Crippen LogP contribution in [0.15, 0.2) is 12.5 Å². The lowest BCUT2D eigenvalue weighted by molar-refractivity contribution is -0.120. The molecule has 6 nitrogen and oxygen atoms in total. The summed E-state index contributed by atoms with van der Waals surface area (Å²) in [4.78, 5) is 25.4. The maximum atomic E-state index is 11.8. The van der Waals surface area contributed by atoms with Crippen molar-refractivity contribution in [1.29, 1.82) is 0 Å². The van der Waals surface area contributed by atoms with Gasteiger partial charge in [0.2, 0.25) is 0 Å². The maximum Gasteiger partial charge on any atom is 0.158 e. The van der Waals surface area contributed by atoms with Crippen LogP contribution in [0.1, 0.15) is 79.0 Å². The lowest BCUT2D eigenvalue weighted by Gasteiger charge is -2.49. The number of piperidine rings is 2. The average Bonchev–Trinajstić information content (AvgIpc) is 3.51. The number of thiophene rings is 1. The zero-order valence-electron chi connectivity index (χ0n) is 21.6. The second-order valence-electron chi connectivity index (χ2n) is 11.1. The number of pyridine rings is 1. The van der Waals surface area contributed by atoms with E-state index in [0.717, 1.165) is 12.2 Å². The number of ketones is 1. The summed E-state index contributed by atoms with van der Waals surface area (Å²) >= 11 is 1.97. The first kappa shape index (κ1) is 22.9. The van der Waals surface area contributed by atoms with E-state index in [9.17, 15) is 4.79 Å². The lowest BCUT2D eigenvalue weighted by Crippen LogP contribution is -2.52. The van der Waals surface area contributed by atoms with E-state index in [0.29, 0.717) is 36.1 Å². The molecule has 3 aliphatic rings. The van der Waals surface area contributed by atoms with Crippen molar-refractivity contribution in [2.24, 2.45) is 5.92 Å². The number of fused-ring (bicyclic) bond motifs is 5. The van der Waals surface area contributed by atoms with Crippen molar-refractivity contribution in [2.75, 3.05) is 13.1 Å². The molecule has 0 aromatic carbocycles. The molecular formula is C28H35N5OS. The Morgan fingerprint density at radius 1 is 1.20 bits per heavy atom. The third-order valence-electron chi connectivity index (χ3n) is 8.65. The molecule has 3 atom stereocenters. The molecule has 1 unspecified atom stereocenters. The highest BCUT2D eigenvalue weighted by Gasteiger charge is 2.42. The summed E-state index contributed by atoms with van der Waals surface area (Å²) < 4.78 is 1.90. The van der Waals surface area contributed by atoms with E-state index in [-0.39, 0.29) is 0 Å². The van der Waals surface area contributed by atoms with Crippen LogP contribution >= 0.6 is 11.3 Å². The van der Waals surface area contributed by atoms with Crippen LogP contribution in [-0.4, -0.2) is 49.4 Å². The molecule has 7 rings (SSSR count). The van der Waals surface area contributed by atoms with E-state index >= 15 is 0 Å². The zero-order chi connectivity index (χ0) is 24.6. The van der Waals surface area contributed by atoms with Crippen molar-refractivity contribution in [2.45, 2.75) is 78.7 Å². The van der Waals surface area contributed by atoms with Gasteiger partial charge in [-0.15, -0.1) is 11.3 Å². The smallest absolute Gasteiger partial charge is 0.158 e. The van der Waals surface area contributed by atoms with Gasteiger partial charge in [-0.3, -0.25) is 9.69 Å². The maximum absolute atomic E-state index is 11.8. The van der Waals surface area contributed by atoms with Crippen LogP contribution in [0.25, 0.3) is 27.1 Å². The minimum Gasteiger partial charge on any atom is -0.346 e. The molecule has 6 heterocycles. The average molecular weight is 490 g/mol. The summed E-state index contributed by atoms with van der Waals surface area (Å²) in [6, 6.07) is 0.550. The molecule has 35 heavy (non-hydrogen) atoms. The van der Waals surface area contributed by atoms with Crippen LogP contribution < -0.4 is 0 Å². The SMILES string of the molecule is CC(=O)CN1CC2CC[C@@H]1C[C@H]2c1sc2[nH]c(-c3cn4ncnc4c(C)c3C)c(C(C)C)c2c1C. The summed E-state index contributed by atoms with van der Waals surface area (Å²) in [5, 5.41) is 5.85. The highest BCUT2D eigenvalue weighted by Crippen LogP contribution is 2.51. The number of rotatable bonds is 5. The number of aryl methyl sites for hydroxylation is 2. The number of Topliss-reactive ketones (excluding diaryl/α,β-unsaturated/α-hetero) is 1. The van der Waals surface area contributed by atoms with Gasteiger partial charge in [-0.05, 0) is 87.0 Å². The Hall–Kier alpha value is -2.51. The Labute approximate surface area is 210 Å². The van der Waals surface area contributed by atoms with Gasteiger partial charge in [0.1, 0.15) is 16.9 Å². The number of hydrogen-bond acceptors (Lipinski definition) is 5. The van der Waals surface area contributed by atoms with Crippen molar-refractivity contribution in [3.05, 3.63) is 39.7 Å². The molecule has 1 N–H and O–H groups in total. The number of H-pyrrole nitrogens is 1. The predicted octanol–water partition coefficient (Wildman–Crippen LogP) is 6.14. The van der Waals surface area contributed by atoms with Gasteiger partial charge in [0.05, 0.1) is 12.2 Å². The highest BCUT2D eigenvalue weighted by atomic mass is 32.1. The Balaban J connectivity index is 1.44. The van der Waals surface area contributed by atoms with Gasteiger partial charge in [0, 0.05) is 34.6 Å². The molecule has 1 aliphatic carbocycles. The monoisotopic (exact) mass is 489 g/mol. The minimum atomic E-state index is 0.290. The van der Waals surface area contributed by atoms with Gasteiger partial charge in [-0.2, -0.15) is 5.10 Å². The molecule has 2 saturated heterocycles. The van der Waals surface area contributed by atoms with Crippen LogP contribution in [0, 0.1) is 26.7 Å². The fraction of sp³-hybridized carbons (Fsp3) is 0.536. The van der Waals surface area contributed by atoms with Crippen molar-refractivity contribution in [1.82, 2.24) is 24.5 Å². The van der Waals surface area contributed by atoms with Crippen molar-refractivity contribution >= 4 is 33.0 Å². The number of carbonyl (C=O) groups excluding carboxylic acids is 1. The Bertz CT molecular complexity index is 1460. The fourth-order valence-corrected chi connectivity index (χ4v) is 8.29. The van der Waals surface area contributed by atoms with E-state index in [2.05, 4.69) is 60.8 Å². The quantitative estimate of drug-likeness (QED) is 0.365. The molecule has 7 heteroatoms. The number of nitrogens with one attached hydrogen (secondary N) is 1. The zero-order valence-corrected chi connectivity index (χ0v) is 22.4. The second kappa shape index (κ2) is 8.27. The van der Waals surface area contributed by atoms with Crippen LogP contribution in [0.4, 0.5) is 0 Å². The van der Waals surface area contributed by atoms with E-state index in [4.69, 9.17) is 0 Å². The van der Waals surface area contributed by atoms with E-state index in [1.54, 1.807) is 18.1 Å². The molecule has 0 amide bonds. The minimum absolute atomic E-state index is 0.290. The predicted molar refractivity (Wildman–Crippen MR) is 143 cm³/mol. The molecule has 1 saturated carbocycles. The summed E-state index contributed by atoms with van der Waals surface area (Å²) in [6.07, 6.45) is 7.47. The third kappa shape index (κ3) is 3.50. The molecular weight excluding hydrogens is 454 g/mol. The van der Waals surface area contributed by atoms with Crippen LogP contribution in [0.2, 0.25) is 0 Å². The Morgan fingerprint density at radius 3 is 2.69 bits per heavy atom. The number of aromatic amines is 1. The molecule has 4 aromatic heterocycles. The molecule has 3 fully saturated rings. The third-order valence-corrected chi connectivity index (χ3v) is 9.99. The van der Waals surface area contributed by atoms with Gasteiger partial charge in [-0.1, -0.05) is 13.8 Å². The first-order chi connectivity index (χ1) is 16.7. The summed E-state index contributed by atoms with van der Waals surface area (Å²) in [5.41, 5.74) is 8.68. The van der Waals surface area contributed by atoms with Gasteiger partial charge in [0.25, 0.3) is 0 Å². The first-order valence-electron chi connectivity index (χ1n) is 12.9. The Morgan fingerprint density at radius 2 is 2.00 bits per heavy atom. The fourth-order valence-electron chi connectivity index (χ4n) is 6.86.